The second-order valence-corrected chi connectivity index (χ2v) is 28.8. The minimum absolute atomic E-state index is 0.503. The molecule has 9 aromatic carbocycles. The molecule has 67 heavy (non-hydrogen) atoms. The van der Waals surface area contributed by atoms with Crippen LogP contribution in [-0.2, 0) is 26.3 Å². The van der Waals surface area contributed by atoms with E-state index < -0.39 is 76.1 Å². The van der Waals surface area contributed by atoms with Gasteiger partial charge >= 0.3 is 396 Å². The first kappa shape index (κ1) is 45.8. The Bertz CT molecular complexity index is 2570. The summed E-state index contributed by atoms with van der Waals surface area (Å²) in [6.07, 6.45) is 0. The Labute approximate surface area is 393 Å². The van der Waals surface area contributed by atoms with E-state index in [9.17, 15) is 0 Å². The summed E-state index contributed by atoms with van der Waals surface area (Å²) in [7, 11) is -12.3. The van der Waals surface area contributed by atoms with Crippen molar-refractivity contribution in [3.05, 3.63) is 271 Å². The molecule has 0 aromatic heterocycles. The average molecular weight is 985 g/mol. The third-order valence-electron chi connectivity index (χ3n) is 11.7. The van der Waals surface area contributed by atoms with E-state index in [-0.39, 0.29) is 0 Å². The van der Waals surface area contributed by atoms with Gasteiger partial charge in [0.05, 0.1) is 0 Å². The van der Waals surface area contributed by atoms with E-state index in [4.69, 9.17) is 10.1 Å². The summed E-state index contributed by atoms with van der Waals surface area (Å²) in [5.41, 5.74) is 0. The van der Waals surface area contributed by atoms with Crippen LogP contribution in [0.5, 0.6) is 0 Å². The number of hydrogen-bond donors (Lipinski definition) is 0. The van der Waals surface area contributed by atoms with E-state index >= 15 is 26.3 Å². The molecule has 0 atom stereocenters. The van der Waals surface area contributed by atoms with Gasteiger partial charge < -0.3 is 0 Å². The molecule has 0 N–H and O–H groups in total. The van der Waals surface area contributed by atoms with Gasteiger partial charge in [-0.2, -0.15) is 0 Å². The SMILES string of the molecule is Fc1ccc([Si]([O][V]([O][Si](c2ccccc2)(c2ccccc2)c2ccccc2)[O][Si](c2ccc(F)cc2)(c2ccc(F)cc2)c2ccc(F)cc2)(c2ccc(F)cc2)c2ccc(F)cc2)cc1. The molecule has 9 aromatic rings. The van der Waals surface area contributed by atoms with Crippen LogP contribution in [-0.4, -0.2) is 25.0 Å². The Morgan fingerprint density at radius 3 is 0.522 bits per heavy atom. The van der Waals surface area contributed by atoms with Gasteiger partial charge in [0, 0.05) is 0 Å². The Morgan fingerprint density at radius 2 is 0.358 bits per heavy atom. The van der Waals surface area contributed by atoms with Crippen LogP contribution in [0.3, 0.4) is 0 Å². The topological polar surface area (TPSA) is 27.7 Å². The van der Waals surface area contributed by atoms with Gasteiger partial charge in [0.25, 0.3) is 0 Å². The molecular formula is C54H39F6O3Si3V. The monoisotopic (exact) mass is 984 g/mol. The van der Waals surface area contributed by atoms with E-state index in [0.29, 0.717) is 31.1 Å². The van der Waals surface area contributed by atoms with Gasteiger partial charge in [0.1, 0.15) is 0 Å². The molecule has 0 saturated carbocycles. The summed E-state index contributed by atoms with van der Waals surface area (Å²) < 4.78 is 114. The summed E-state index contributed by atoms with van der Waals surface area (Å²) in [4.78, 5) is 0. The van der Waals surface area contributed by atoms with Crippen LogP contribution in [0.25, 0.3) is 0 Å². The van der Waals surface area contributed by atoms with Crippen LogP contribution in [0.2, 0.25) is 0 Å². The van der Waals surface area contributed by atoms with Crippen LogP contribution in [0.15, 0.2) is 237 Å². The van der Waals surface area contributed by atoms with Crippen LogP contribution >= 0.6 is 0 Å². The molecule has 0 spiro atoms. The van der Waals surface area contributed by atoms with Crippen molar-refractivity contribution in [2.75, 3.05) is 0 Å². The Balaban J connectivity index is 1.42. The molecule has 0 aliphatic rings. The van der Waals surface area contributed by atoms with Crippen molar-refractivity contribution in [3.8, 4) is 0 Å². The van der Waals surface area contributed by atoms with Gasteiger partial charge in [-0.25, -0.2) is 0 Å². The predicted octanol–water partition coefficient (Wildman–Crippen LogP) is 7.24. The van der Waals surface area contributed by atoms with Crippen molar-refractivity contribution < 1.29 is 52.6 Å². The standard InChI is InChI=1S/2C18H12F3OSi.C18H15OSi.V/c2*19-13-1-7-16(8-2-13)23(22,17-9-3-14(20)4-10-17)18-11-5-15(21)6-12-18;19-20(16-10-4-1-5-11-16,17-12-6-2-7-13-17)18-14-8-3-9-15-18;/h2*1-12H;1-15H;/q3*-1;+3. The average Bonchev–Trinajstić information content (AvgIpc) is 3.36. The summed E-state index contributed by atoms with van der Waals surface area (Å²) in [6, 6.07) is 64.1. The van der Waals surface area contributed by atoms with Gasteiger partial charge in [0.2, 0.25) is 0 Å². The molecule has 0 bridgehead atoms. The van der Waals surface area contributed by atoms with E-state index in [1.807, 2.05) is 91.0 Å². The predicted molar refractivity (Wildman–Crippen MR) is 255 cm³/mol. The molecule has 0 radical (unpaired) electrons. The van der Waals surface area contributed by atoms with Crippen molar-refractivity contribution in [2.24, 2.45) is 0 Å². The molecule has 332 valence electrons. The molecule has 0 fully saturated rings. The van der Waals surface area contributed by atoms with Crippen molar-refractivity contribution in [1.29, 1.82) is 0 Å². The molecule has 0 aliphatic heterocycles. The van der Waals surface area contributed by atoms with Gasteiger partial charge in [-0.15, -0.1) is 0 Å². The number of rotatable bonds is 15. The first-order valence-corrected chi connectivity index (χ1v) is 28.6. The first-order chi connectivity index (χ1) is 32.6. The summed E-state index contributed by atoms with van der Waals surface area (Å²) in [5, 5.41) is 5.50. The quantitative estimate of drug-likeness (QED) is 0.0617. The summed E-state index contributed by atoms with van der Waals surface area (Å²) in [5.74, 6) is -3.13. The first-order valence-electron chi connectivity index (χ1n) is 21.2. The molecule has 0 saturated heterocycles. The van der Waals surface area contributed by atoms with Gasteiger partial charge in [-0.1, -0.05) is 0 Å². The maximum atomic E-state index is 15.1. The Kier molecular flexibility index (Phi) is 13.6. The second-order valence-electron chi connectivity index (χ2n) is 15.7. The fourth-order valence-electron chi connectivity index (χ4n) is 8.49. The Morgan fingerprint density at radius 1 is 0.209 bits per heavy atom. The third-order valence-corrected chi connectivity index (χ3v) is 29.2. The van der Waals surface area contributed by atoms with Gasteiger partial charge in [-0.05, 0) is 0 Å². The number of hydrogen-bond acceptors (Lipinski definition) is 3. The molecule has 0 unspecified atom stereocenters. The van der Waals surface area contributed by atoms with Crippen molar-refractivity contribution in [1.82, 2.24) is 0 Å². The van der Waals surface area contributed by atoms with Gasteiger partial charge in [-0.3, -0.25) is 0 Å². The summed E-state index contributed by atoms with van der Waals surface area (Å²) >= 11 is -4.20. The van der Waals surface area contributed by atoms with Gasteiger partial charge in [0.15, 0.2) is 0 Å². The van der Waals surface area contributed by atoms with E-state index in [1.165, 1.54) is 72.8 Å². The maximum absolute atomic E-state index is 15.1. The van der Waals surface area contributed by atoms with Crippen LogP contribution in [0, 0.1) is 34.9 Å². The molecule has 0 aliphatic carbocycles. The normalized spacial score (nSPS) is 12.0. The van der Waals surface area contributed by atoms with E-state index in [1.54, 1.807) is 72.8 Å². The Hall–Kier alpha value is -6.32. The number of halogens is 6. The zero-order valence-corrected chi connectivity index (χ0v) is 39.9. The second kappa shape index (κ2) is 19.9. The third kappa shape index (κ3) is 9.23. The van der Waals surface area contributed by atoms with E-state index in [2.05, 4.69) is 0 Å². The molecule has 0 heterocycles. The minimum atomic E-state index is -4.21. The number of benzene rings is 9. The molecular weight excluding hydrogens is 946 g/mol. The van der Waals surface area contributed by atoms with Crippen molar-refractivity contribution >= 4 is 71.6 Å². The molecule has 9 rings (SSSR count). The van der Waals surface area contributed by atoms with Crippen molar-refractivity contribution in [3.63, 3.8) is 0 Å². The fraction of sp³-hybridized carbons (Fsp3) is 0. The molecule has 0 amide bonds. The zero-order chi connectivity index (χ0) is 46.4. The van der Waals surface area contributed by atoms with Crippen LogP contribution in [0.1, 0.15) is 0 Å². The van der Waals surface area contributed by atoms with Crippen LogP contribution in [0.4, 0.5) is 26.3 Å². The van der Waals surface area contributed by atoms with E-state index in [0.717, 1.165) is 15.6 Å². The molecule has 13 heteroatoms. The van der Waals surface area contributed by atoms with Crippen molar-refractivity contribution in [2.45, 2.75) is 0 Å². The summed E-state index contributed by atoms with van der Waals surface area (Å²) in [6.45, 7) is 0. The van der Waals surface area contributed by atoms with Crippen LogP contribution < -0.4 is 46.7 Å². The fourth-order valence-corrected chi connectivity index (χ4v) is 28.5. The zero-order valence-electron chi connectivity index (χ0n) is 35.5. The molecule has 3 nitrogen and oxygen atoms in total.